The van der Waals surface area contributed by atoms with Gasteiger partial charge in [0.05, 0.1) is 38.0 Å². The summed E-state index contributed by atoms with van der Waals surface area (Å²) in [6, 6.07) is 12.7. The molecular formula is C26H31N3O7. The van der Waals surface area contributed by atoms with E-state index in [4.69, 9.17) is 18.9 Å². The minimum atomic E-state index is -0.541. The summed E-state index contributed by atoms with van der Waals surface area (Å²) < 4.78 is 21.8. The number of urea groups is 1. The summed E-state index contributed by atoms with van der Waals surface area (Å²) in [4.78, 5) is 42.9. The van der Waals surface area contributed by atoms with E-state index in [-0.39, 0.29) is 24.7 Å². The van der Waals surface area contributed by atoms with E-state index in [0.717, 1.165) is 4.90 Å². The van der Waals surface area contributed by atoms with Gasteiger partial charge in [-0.3, -0.25) is 9.59 Å². The van der Waals surface area contributed by atoms with E-state index < -0.39 is 23.9 Å². The molecule has 36 heavy (non-hydrogen) atoms. The maximum atomic E-state index is 13.7. The van der Waals surface area contributed by atoms with Gasteiger partial charge in [-0.25, -0.2) is 9.69 Å². The van der Waals surface area contributed by atoms with Crippen molar-refractivity contribution in [3.8, 4) is 11.5 Å². The van der Waals surface area contributed by atoms with Gasteiger partial charge < -0.3 is 29.2 Å². The number of hydrogen-bond donors (Lipinski definition) is 1. The lowest BCUT2D eigenvalue weighted by Crippen LogP contribution is -2.66. The van der Waals surface area contributed by atoms with E-state index in [1.165, 1.54) is 19.1 Å². The van der Waals surface area contributed by atoms with E-state index in [0.29, 0.717) is 35.7 Å². The molecular weight excluding hydrogens is 466 g/mol. The number of fused-ring (bicyclic) bond motifs is 1. The monoisotopic (exact) mass is 497 g/mol. The Kier molecular flexibility index (Phi) is 7.76. The molecule has 2 fully saturated rings. The molecule has 1 saturated heterocycles. The Morgan fingerprint density at radius 1 is 0.917 bits per heavy atom. The third-order valence-electron chi connectivity index (χ3n) is 6.82. The molecule has 4 rings (SSSR count). The van der Waals surface area contributed by atoms with Crippen molar-refractivity contribution in [2.45, 2.75) is 31.1 Å². The van der Waals surface area contributed by atoms with Gasteiger partial charge in [0.15, 0.2) is 11.5 Å². The van der Waals surface area contributed by atoms with Crippen LogP contribution < -0.4 is 19.7 Å². The van der Waals surface area contributed by atoms with Gasteiger partial charge in [-0.2, -0.15) is 0 Å². The normalized spacial score (nSPS) is 23.8. The molecule has 1 N–H and O–H groups in total. The summed E-state index contributed by atoms with van der Waals surface area (Å²) in [6.07, 6.45) is 0.150. The van der Waals surface area contributed by atoms with Crippen LogP contribution in [0.4, 0.5) is 16.2 Å². The van der Waals surface area contributed by atoms with Gasteiger partial charge in [0.2, 0.25) is 11.8 Å². The first-order valence-corrected chi connectivity index (χ1v) is 11.7. The Labute approximate surface area is 210 Å². The van der Waals surface area contributed by atoms with E-state index >= 15 is 0 Å². The third-order valence-corrected chi connectivity index (χ3v) is 6.82. The Morgan fingerprint density at radius 2 is 1.58 bits per heavy atom. The van der Waals surface area contributed by atoms with Crippen molar-refractivity contribution in [2.75, 3.05) is 45.2 Å². The molecule has 4 unspecified atom stereocenters. The highest BCUT2D eigenvalue weighted by atomic mass is 16.5. The molecule has 1 heterocycles. The highest BCUT2D eigenvalue weighted by molar-refractivity contribution is 6.17. The number of anilines is 2. The van der Waals surface area contributed by atoms with Gasteiger partial charge in [0.1, 0.15) is 6.54 Å². The van der Waals surface area contributed by atoms with Crippen molar-refractivity contribution >= 4 is 29.2 Å². The van der Waals surface area contributed by atoms with Gasteiger partial charge in [0, 0.05) is 32.0 Å². The van der Waals surface area contributed by atoms with E-state index in [1.807, 2.05) is 6.07 Å². The third kappa shape index (κ3) is 4.87. The molecule has 0 spiro atoms. The van der Waals surface area contributed by atoms with Crippen LogP contribution in [-0.2, 0) is 19.1 Å². The Hall–Kier alpha value is -3.63. The number of rotatable bonds is 8. The number of nitrogens with one attached hydrogen (secondary N) is 1. The lowest BCUT2D eigenvalue weighted by atomic mass is 9.78. The SMILES string of the molecule is COc1ccc(NC(=O)CN2C(=O)N(c3ccccc3)C(=O)C3CC(OC)C(OC)CC32)cc1OC. The first kappa shape index (κ1) is 25.5. The second-order valence-electron chi connectivity index (χ2n) is 8.73. The van der Waals surface area contributed by atoms with Crippen molar-refractivity contribution in [3.63, 3.8) is 0 Å². The van der Waals surface area contributed by atoms with Crippen LogP contribution in [0.1, 0.15) is 12.8 Å². The van der Waals surface area contributed by atoms with Gasteiger partial charge in [-0.1, -0.05) is 18.2 Å². The summed E-state index contributed by atoms with van der Waals surface area (Å²) in [6.45, 7) is -0.237. The summed E-state index contributed by atoms with van der Waals surface area (Å²) in [7, 11) is 6.19. The number of methoxy groups -OCH3 is 4. The van der Waals surface area contributed by atoms with Crippen LogP contribution >= 0.6 is 0 Å². The zero-order chi connectivity index (χ0) is 25.8. The van der Waals surface area contributed by atoms with Gasteiger partial charge >= 0.3 is 6.03 Å². The number of imide groups is 1. The second kappa shape index (κ2) is 11.0. The van der Waals surface area contributed by atoms with Crippen LogP contribution in [0, 0.1) is 5.92 Å². The molecule has 2 aliphatic rings. The zero-order valence-electron chi connectivity index (χ0n) is 20.8. The number of nitrogens with zero attached hydrogens (tertiary/aromatic N) is 2. The number of ether oxygens (including phenoxy) is 4. The van der Waals surface area contributed by atoms with Crippen molar-refractivity contribution < 1.29 is 33.3 Å². The molecule has 2 aromatic rings. The van der Waals surface area contributed by atoms with Crippen molar-refractivity contribution in [2.24, 2.45) is 5.92 Å². The molecule has 1 aliphatic heterocycles. The lowest BCUT2D eigenvalue weighted by molar-refractivity contribution is -0.139. The second-order valence-corrected chi connectivity index (χ2v) is 8.73. The average molecular weight is 498 g/mol. The minimum Gasteiger partial charge on any atom is -0.493 e. The van der Waals surface area contributed by atoms with Crippen LogP contribution in [0.25, 0.3) is 0 Å². The Balaban J connectivity index is 1.62. The maximum absolute atomic E-state index is 13.7. The molecule has 10 heteroatoms. The minimum absolute atomic E-state index is 0.237. The van der Waals surface area contributed by atoms with Gasteiger partial charge in [-0.15, -0.1) is 0 Å². The predicted molar refractivity (Wildman–Crippen MR) is 132 cm³/mol. The molecule has 4 atom stereocenters. The highest BCUT2D eigenvalue weighted by Gasteiger charge is 2.52. The molecule has 1 aliphatic carbocycles. The Morgan fingerprint density at radius 3 is 2.22 bits per heavy atom. The number of para-hydroxylation sites is 1. The number of carbonyl (C=O) groups excluding carboxylic acids is 3. The topological polar surface area (TPSA) is 107 Å². The predicted octanol–water partition coefficient (Wildman–Crippen LogP) is 2.92. The molecule has 192 valence electrons. The standard InChI is InChI=1S/C26H31N3O7/c1-33-20-11-10-16(12-21(20)34-2)27-24(30)15-28-19-14-23(36-4)22(35-3)13-18(19)25(31)29(26(28)32)17-8-6-5-7-9-17/h5-12,18-19,22-23H,13-15H2,1-4H3,(H,27,30). The van der Waals surface area contributed by atoms with Crippen molar-refractivity contribution in [1.29, 1.82) is 0 Å². The van der Waals surface area contributed by atoms with Crippen molar-refractivity contribution in [1.82, 2.24) is 4.90 Å². The van der Waals surface area contributed by atoms with Crippen LogP contribution in [-0.4, -0.2) is 76.0 Å². The largest absolute Gasteiger partial charge is 0.493 e. The molecule has 0 radical (unpaired) electrons. The summed E-state index contributed by atoms with van der Waals surface area (Å²) in [5.74, 6) is -0.245. The quantitative estimate of drug-likeness (QED) is 0.598. The molecule has 0 bridgehead atoms. The molecule has 0 aromatic heterocycles. The van der Waals surface area contributed by atoms with Crippen LogP contribution in [0.5, 0.6) is 11.5 Å². The lowest BCUT2D eigenvalue weighted by Gasteiger charge is -2.49. The summed E-state index contributed by atoms with van der Waals surface area (Å²) in [5, 5.41) is 2.81. The Bertz CT molecular complexity index is 1110. The smallest absolute Gasteiger partial charge is 0.332 e. The number of carbonyl (C=O) groups is 3. The maximum Gasteiger partial charge on any atom is 0.332 e. The van der Waals surface area contributed by atoms with E-state index in [9.17, 15) is 14.4 Å². The number of hydrogen-bond acceptors (Lipinski definition) is 7. The molecule has 1 saturated carbocycles. The number of amides is 4. The number of benzene rings is 2. The fourth-order valence-electron chi connectivity index (χ4n) is 5.02. The average Bonchev–Trinajstić information content (AvgIpc) is 2.90. The van der Waals surface area contributed by atoms with E-state index in [1.54, 1.807) is 56.7 Å². The van der Waals surface area contributed by atoms with Crippen molar-refractivity contribution in [3.05, 3.63) is 48.5 Å². The van der Waals surface area contributed by atoms with Gasteiger partial charge in [0.25, 0.3) is 0 Å². The zero-order valence-corrected chi connectivity index (χ0v) is 20.8. The summed E-state index contributed by atoms with van der Waals surface area (Å²) in [5.41, 5.74) is 0.951. The fraction of sp³-hybridized carbons (Fsp3) is 0.423. The summed E-state index contributed by atoms with van der Waals surface area (Å²) >= 11 is 0. The van der Waals surface area contributed by atoms with Gasteiger partial charge in [-0.05, 0) is 37.1 Å². The molecule has 10 nitrogen and oxygen atoms in total. The highest BCUT2D eigenvalue weighted by Crippen LogP contribution is 2.38. The van der Waals surface area contributed by atoms with E-state index in [2.05, 4.69) is 5.32 Å². The first-order chi connectivity index (χ1) is 17.4. The fourth-order valence-corrected chi connectivity index (χ4v) is 5.02. The van der Waals surface area contributed by atoms with Crippen LogP contribution in [0.15, 0.2) is 48.5 Å². The first-order valence-electron chi connectivity index (χ1n) is 11.7. The van der Waals surface area contributed by atoms with Crippen LogP contribution in [0.3, 0.4) is 0 Å². The molecule has 4 amide bonds. The van der Waals surface area contributed by atoms with Crippen LogP contribution in [0.2, 0.25) is 0 Å². The molecule has 2 aromatic carbocycles.